The maximum absolute atomic E-state index is 6.35. The van der Waals surface area contributed by atoms with Crippen molar-refractivity contribution in [3.63, 3.8) is 0 Å². The standard InChI is InChI=1S/C25H45NO.ClH/c1-4-5-6-7-8-9-10-11-12-13-14-15-19-22-24(25(2,3)26)27-23-20-17-16-18-21-23;/h16-18,20-21,24H,4-15,19,22,26H2,1-3H3;1H. The number of rotatable bonds is 17. The number of hydrogen-bond acceptors (Lipinski definition) is 2. The Kier molecular flexibility index (Phi) is 16.7. The molecule has 1 unspecified atom stereocenters. The van der Waals surface area contributed by atoms with Gasteiger partial charge in [-0.05, 0) is 38.8 Å². The lowest BCUT2D eigenvalue weighted by atomic mass is 9.93. The van der Waals surface area contributed by atoms with Crippen LogP contribution in [-0.4, -0.2) is 11.6 Å². The van der Waals surface area contributed by atoms with Gasteiger partial charge in [-0.25, -0.2) is 0 Å². The molecule has 28 heavy (non-hydrogen) atoms. The molecule has 1 rings (SSSR count). The minimum Gasteiger partial charge on any atom is -0.489 e. The van der Waals surface area contributed by atoms with Gasteiger partial charge in [-0.2, -0.15) is 0 Å². The summed E-state index contributed by atoms with van der Waals surface area (Å²) < 4.78 is 6.16. The van der Waals surface area contributed by atoms with Crippen molar-refractivity contribution in [1.29, 1.82) is 0 Å². The molecule has 0 amide bonds. The summed E-state index contributed by atoms with van der Waals surface area (Å²) in [4.78, 5) is 0. The van der Waals surface area contributed by atoms with Crippen LogP contribution >= 0.6 is 12.4 Å². The first-order valence-corrected chi connectivity index (χ1v) is 11.5. The Morgan fingerprint density at radius 1 is 0.750 bits per heavy atom. The van der Waals surface area contributed by atoms with E-state index in [0.717, 1.165) is 12.2 Å². The molecule has 0 aliphatic heterocycles. The Bertz CT molecular complexity index is 444. The molecule has 0 aliphatic rings. The smallest absolute Gasteiger partial charge is 0.119 e. The average molecular weight is 412 g/mol. The lowest BCUT2D eigenvalue weighted by Gasteiger charge is -2.31. The zero-order valence-electron chi connectivity index (χ0n) is 18.8. The van der Waals surface area contributed by atoms with E-state index < -0.39 is 0 Å². The van der Waals surface area contributed by atoms with E-state index in [0.29, 0.717) is 0 Å². The molecule has 3 heteroatoms. The van der Waals surface area contributed by atoms with Crippen LogP contribution < -0.4 is 10.5 Å². The number of benzene rings is 1. The summed E-state index contributed by atoms with van der Waals surface area (Å²) in [6, 6.07) is 10.1. The monoisotopic (exact) mass is 411 g/mol. The largest absolute Gasteiger partial charge is 0.489 e. The molecule has 1 aromatic rings. The molecule has 1 atom stereocenters. The Morgan fingerprint density at radius 2 is 1.18 bits per heavy atom. The van der Waals surface area contributed by atoms with E-state index >= 15 is 0 Å². The molecule has 2 nitrogen and oxygen atoms in total. The quantitative estimate of drug-likeness (QED) is 0.263. The Labute approximate surface area is 181 Å². The van der Waals surface area contributed by atoms with Crippen LogP contribution in [0.5, 0.6) is 5.75 Å². The van der Waals surface area contributed by atoms with Crippen molar-refractivity contribution in [1.82, 2.24) is 0 Å². The summed E-state index contributed by atoms with van der Waals surface area (Å²) in [6.07, 6.45) is 19.1. The van der Waals surface area contributed by atoms with Crippen LogP contribution in [-0.2, 0) is 0 Å². The first-order chi connectivity index (χ1) is 13.0. The van der Waals surface area contributed by atoms with Crippen molar-refractivity contribution >= 4 is 12.4 Å². The lowest BCUT2D eigenvalue weighted by molar-refractivity contribution is 0.117. The molecule has 0 saturated heterocycles. The van der Waals surface area contributed by atoms with Gasteiger partial charge in [0, 0.05) is 5.54 Å². The Morgan fingerprint density at radius 3 is 1.61 bits per heavy atom. The Hall–Kier alpha value is -0.730. The molecule has 0 aromatic heterocycles. The summed E-state index contributed by atoms with van der Waals surface area (Å²) in [5.74, 6) is 0.927. The van der Waals surface area contributed by atoms with Gasteiger partial charge in [0.15, 0.2) is 0 Å². The molecule has 1 aromatic carbocycles. The van der Waals surface area contributed by atoms with Gasteiger partial charge in [0.05, 0.1) is 0 Å². The molecule has 0 saturated carbocycles. The number of hydrogen-bond donors (Lipinski definition) is 1. The number of nitrogens with two attached hydrogens (primary N) is 1. The van der Waals surface area contributed by atoms with Gasteiger partial charge < -0.3 is 10.5 Å². The molecule has 0 spiro atoms. The van der Waals surface area contributed by atoms with Crippen molar-refractivity contribution in [2.45, 2.75) is 122 Å². The van der Waals surface area contributed by atoms with E-state index in [9.17, 15) is 0 Å². The molecule has 0 radical (unpaired) electrons. The summed E-state index contributed by atoms with van der Waals surface area (Å²) >= 11 is 0. The van der Waals surface area contributed by atoms with E-state index in [-0.39, 0.29) is 24.0 Å². The molecule has 0 heterocycles. The molecule has 0 fully saturated rings. The summed E-state index contributed by atoms with van der Waals surface area (Å²) in [5.41, 5.74) is 6.04. The normalized spacial score (nSPS) is 12.4. The average Bonchev–Trinajstić information content (AvgIpc) is 2.64. The van der Waals surface area contributed by atoms with E-state index in [2.05, 4.69) is 20.8 Å². The second kappa shape index (κ2) is 17.2. The van der Waals surface area contributed by atoms with Crippen LogP contribution in [0.25, 0.3) is 0 Å². The molecular formula is C25H46ClNO. The van der Waals surface area contributed by atoms with Crippen LogP contribution in [0.2, 0.25) is 0 Å². The predicted octanol–water partition coefficient (Wildman–Crippen LogP) is 8.07. The predicted molar refractivity (Wildman–Crippen MR) is 127 cm³/mol. The fraction of sp³-hybridized carbons (Fsp3) is 0.760. The first-order valence-electron chi connectivity index (χ1n) is 11.5. The van der Waals surface area contributed by atoms with Gasteiger partial charge in [0.25, 0.3) is 0 Å². The zero-order valence-corrected chi connectivity index (χ0v) is 19.6. The molecule has 0 bridgehead atoms. The summed E-state index contributed by atoms with van der Waals surface area (Å²) in [5, 5.41) is 0. The molecule has 0 aliphatic carbocycles. The molecule has 2 N–H and O–H groups in total. The van der Waals surface area contributed by atoms with Gasteiger partial charge in [-0.3, -0.25) is 0 Å². The van der Waals surface area contributed by atoms with Gasteiger partial charge in [0.1, 0.15) is 11.9 Å². The molecular weight excluding hydrogens is 366 g/mol. The third-order valence-corrected chi connectivity index (χ3v) is 5.42. The number of para-hydroxylation sites is 1. The minimum absolute atomic E-state index is 0. The Balaban J connectivity index is 0.00000729. The van der Waals surface area contributed by atoms with Crippen molar-refractivity contribution in [2.75, 3.05) is 0 Å². The van der Waals surface area contributed by atoms with Gasteiger partial charge in [-0.1, -0.05) is 102 Å². The highest BCUT2D eigenvalue weighted by molar-refractivity contribution is 5.85. The van der Waals surface area contributed by atoms with Gasteiger partial charge in [0.2, 0.25) is 0 Å². The second-order valence-corrected chi connectivity index (χ2v) is 8.77. The zero-order chi connectivity index (χ0) is 19.8. The third kappa shape index (κ3) is 14.3. The SMILES string of the molecule is CCCCCCCCCCCCCCCC(Oc1ccccc1)C(C)(C)N.Cl. The van der Waals surface area contributed by atoms with Crippen LogP contribution in [0.15, 0.2) is 30.3 Å². The number of ether oxygens (including phenoxy) is 1. The maximum Gasteiger partial charge on any atom is 0.119 e. The van der Waals surface area contributed by atoms with Crippen LogP contribution in [0.4, 0.5) is 0 Å². The van der Waals surface area contributed by atoms with Gasteiger partial charge in [-0.15, -0.1) is 12.4 Å². The van der Waals surface area contributed by atoms with E-state index in [1.807, 2.05) is 30.3 Å². The third-order valence-electron chi connectivity index (χ3n) is 5.42. The maximum atomic E-state index is 6.35. The van der Waals surface area contributed by atoms with Crippen molar-refractivity contribution in [2.24, 2.45) is 5.73 Å². The highest BCUT2D eigenvalue weighted by Crippen LogP contribution is 2.22. The summed E-state index contributed by atoms with van der Waals surface area (Å²) in [6.45, 7) is 6.43. The number of unbranched alkanes of at least 4 members (excludes halogenated alkanes) is 12. The van der Waals surface area contributed by atoms with Gasteiger partial charge >= 0.3 is 0 Å². The summed E-state index contributed by atoms with van der Waals surface area (Å²) in [7, 11) is 0. The lowest BCUT2D eigenvalue weighted by Crippen LogP contribution is -2.48. The minimum atomic E-state index is -0.313. The number of halogens is 1. The van der Waals surface area contributed by atoms with E-state index in [4.69, 9.17) is 10.5 Å². The fourth-order valence-corrected chi connectivity index (χ4v) is 3.59. The van der Waals surface area contributed by atoms with Crippen LogP contribution in [0.3, 0.4) is 0 Å². The van der Waals surface area contributed by atoms with Crippen LogP contribution in [0, 0.1) is 0 Å². The van der Waals surface area contributed by atoms with Crippen LogP contribution in [0.1, 0.15) is 111 Å². The van der Waals surface area contributed by atoms with E-state index in [1.54, 1.807) is 0 Å². The highest BCUT2D eigenvalue weighted by Gasteiger charge is 2.26. The van der Waals surface area contributed by atoms with Crippen molar-refractivity contribution in [3.05, 3.63) is 30.3 Å². The topological polar surface area (TPSA) is 35.2 Å². The second-order valence-electron chi connectivity index (χ2n) is 8.77. The van der Waals surface area contributed by atoms with Crippen molar-refractivity contribution < 1.29 is 4.74 Å². The van der Waals surface area contributed by atoms with Crippen molar-refractivity contribution in [3.8, 4) is 5.75 Å². The molecule has 164 valence electrons. The first kappa shape index (κ1) is 27.3. The fourth-order valence-electron chi connectivity index (χ4n) is 3.59. The highest BCUT2D eigenvalue weighted by atomic mass is 35.5. The van der Waals surface area contributed by atoms with E-state index in [1.165, 1.54) is 83.5 Å².